The number of hydrogen-bond acceptors (Lipinski definition) is 4. The van der Waals surface area contributed by atoms with Crippen LogP contribution in [0.1, 0.15) is 16.2 Å². The Bertz CT molecular complexity index is 701. The van der Waals surface area contributed by atoms with Gasteiger partial charge < -0.3 is 14.2 Å². The van der Waals surface area contributed by atoms with E-state index in [-0.39, 0.29) is 5.56 Å². The van der Waals surface area contributed by atoms with Gasteiger partial charge in [0.1, 0.15) is 0 Å². The maximum Gasteiger partial charge on any atom is 0.337 e. The molecule has 0 amide bonds. The van der Waals surface area contributed by atoms with Crippen LogP contribution in [-0.2, 0) is 6.54 Å². The van der Waals surface area contributed by atoms with Crippen LogP contribution >= 0.6 is 0 Å². The third-order valence-corrected chi connectivity index (χ3v) is 2.74. The van der Waals surface area contributed by atoms with Gasteiger partial charge in [0.25, 0.3) is 0 Å². The van der Waals surface area contributed by atoms with Crippen molar-refractivity contribution in [3.05, 3.63) is 48.2 Å². The lowest BCUT2D eigenvalue weighted by molar-refractivity contribution is 0.0698. The van der Waals surface area contributed by atoms with Crippen molar-refractivity contribution in [1.82, 2.24) is 14.7 Å². The first-order valence-electron chi connectivity index (χ1n) is 5.32. The van der Waals surface area contributed by atoms with E-state index in [4.69, 9.17) is 0 Å². The fourth-order valence-corrected chi connectivity index (χ4v) is 1.98. The molecule has 0 atom stereocenters. The van der Waals surface area contributed by atoms with Gasteiger partial charge in [0.15, 0.2) is 5.82 Å². The van der Waals surface area contributed by atoms with Crippen LogP contribution in [-0.4, -0.2) is 25.8 Å². The Morgan fingerprint density at radius 1 is 1.39 bits per heavy atom. The number of para-hydroxylation sites is 1. The molecule has 18 heavy (non-hydrogen) atoms. The third kappa shape index (κ3) is 1.64. The molecule has 0 aliphatic rings. The Kier molecular flexibility index (Phi) is 2.33. The highest BCUT2D eigenvalue weighted by Gasteiger charge is 2.13. The molecular formula is C12H9N3O3. The van der Waals surface area contributed by atoms with Crippen LogP contribution < -0.4 is 0 Å². The Labute approximate surface area is 101 Å². The van der Waals surface area contributed by atoms with Crippen LogP contribution in [0.2, 0.25) is 0 Å². The fraction of sp³-hybridized carbons (Fsp3) is 0.0833. The molecule has 0 saturated carbocycles. The van der Waals surface area contributed by atoms with Crippen LogP contribution in [0.25, 0.3) is 10.9 Å². The molecule has 2 heterocycles. The molecule has 1 aromatic carbocycles. The van der Waals surface area contributed by atoms with Gasteiger partial charge in [0.05, 0.1) is 17.6 Å². The molecule has 6 nitrogen and oxygen atoms in total. The minimum atomic E-state index is -0.950. The predicted octanol–water partition coefficient (Wildman–Crippen LogP) is 1.77. The van der Waals surface area contributed by atoms with Crippen LogP contribution in [0, 0.1) is 0 Å². The van der Waals surface area contributed by atoms with Gasteiger partial charge in [-0.15, -0.1) is 0 Å². The van der Waals surface area contributed by atoms with Gasteiger partial charge in [-0.1, -0.05) is 17.3 Å². The number of carboxylic acid groups (broad SMARTS) is 1. The quantitative estimate of drug-likeness (QED) is 0.758. The molecule has 3 aromatic rings. The third-order valence-electron chi connectivity index (χ3n) is 2.74. The van der Waals surface area contributed by atoms with Gasteiger partial charge in [-0.2, -0.15) is 4.98 Å². The molecule has 2 aromatic heterocycles. The Morgan fingerprint density at radius 2 is 2.28 bits per heavy atom. The summed E-state index contributed by atoms with van der Waals surface area (Å²) in [5, 5.41) is 13.8. The molecule has 3 rings (SSSR count). The van der Waals surface area contributed by atoms with Gasteiger partial charge >= 0.3 is 5.97 Å². The number of nitrogens with zero attached hydrogens (tertiary/aromatic N) is 3. The summed E-state index contributed by atoms with van der Waals surface area (Å²) >= 11 is 0. The highest BCUT2D eigenvalue weighted by molar-refractivity contribution is 6.02. The van der Waals surface area contributed by atoms with Crippen molar-refractivity contribution in [2.24, 2.45) is 0 Å². The molecule has 0 saturated heterocycles. The first kappa shape index (κ1) is 10.5. The van der Waals surface area contributed by atoms with Gasteiger partial charge in [0, 0.05) is 11.6 Å². The van der Waals surface area contributed by atoms with Crippen LogP contribution in [0.5, 0.6) is 0 Å². The Hall–Kier alpha value is -2.63. The normalized spacial score (nSPS) is 10.9. The van der Waals surface area contributed by atoms with Crippen molar-refractivity contribution >= 4 is 16.9 Å². The van der Waals surface area contributed by atoms with E-state index in [1.165, 1.54) is 6.39 Å². The molecule has 0 unspecified atom stereocenters. The largest absolute Gasteiger partial charge is 0.478 e. The monoisotopic (exact) mass is 243 g/mol. The minimum absolute atomic E-state index is 0.265. The molecule has 0 aliphatic heterocycles. The van der Waals surface area contributed by atoms with Gasteiger partial charge in [-0.25, -0.2) is 4.79 Å². The number of fused-ring (bicyclic) bond motifs is 1. The number of carbonyl (C=O) groups is 1. The maximum absolute atomic E-state index is 11.2. The van der Waals surface area contributed by atoms with E-state index in [1.807, 2.05) is 18.3 Å². The molecule has 90 valence electrons. The summed E-state index contributed by atoms with van der Waals surface area (Å²) in [6.45, 7) is 0.379. The number of carboxylic acids is 1. The average Bonchev–Trinajstić information content (AvgIpc) is 2.99. The molecule has 1 N–H and O–H groups in total. The van der Waals surface area contributed by atoms with Gasteiger partial charge in [-0.3, -0.25) is 0 Å². The predicted molar refractivity (Wildman–Crippen MR) is 62.3 cm³/mol. The van der Waals surface area contributed by atoms with Crippen molar-refractivity contribution in [1.29, 1.82) is 0 Å². The second kappa shape index (κ2) is 3.99. The van der Waals surface area contributed by atoms with E-state index in [1.54, 1.807) is 16.7 Å². The highest BCUT2D eigenvalue weighted by atomic mass is 16.5. The summed E-state index contributed by atoms with van der Waals surface area (Å²) in [7, 11) is 0. The lowest BCUT2D eigenvalue weighted by atomic mass is 10.1. The summed E-state index contributed by atoms with van der Waals surface area (Å²) in [5.41, 5.74) is 0.927. The molecule has 0 aliphatic carbocycles. The SMILES string of the molecule is O=C(O)c1cccc2ccn(Cc3ncon3)c12. The van der Waals surface area contributed by atoms with Crippen molar-refractivity contribution in [2.45, 2.75) is 6.54 Å². The summed E-state index contributed by atoms with van der Waals surface area (Å²) in [4.78, 5) is 15.1. The molecular weight excluding hydrogens is 234 g/mol. The Morgan fingerprint density at radius 3 is 3.00 bits per heavy atom. The summed E-state index contributed by atoms with van der Waals surface area (Å²) < 4.78 is 6.46. The smallest absolute Gasteiger partial charge is 0.337 e. The second-order valence-electron chi connectivity index (χ2n) is 3.84. The second-order valence-corrected chi connectivity index (χ2v) is 3.84. The van der Waals surface area contributed by atoms with Crippen molar-refractivity contribution in [3.63, 3.8) is 0 Å². The zero-order valence-corrected chi connectivity index (χ0v) is 9.28. The first-order valence-corrected chi connectivity index (χ1v) is 5.32. The maximum atomic E-state index is 11.2. The lowest BCUT2D eigenvalue weighted by Gasteiger charge is -2.04. The van der Waals surface area contributed by atoms with Crippen LogP contribution in [0.15, 0.2) is 41.4 Å². The number of aromatic nitrogens is 3. The zero-order chi connectivity index (χ0) is 12.5. The van der Waals surface area contributed by atoms with E-state index in [0.29, 0.717) is 17.9 Å². The van der Waals surface area contributed by atoms with Crippen molar-refractivity contribution in [3.8, 4) is 0 Å². The summed E-state index contributed by atoms with van der Waals surface area (Å²) in [5.74, 6) is -0.443. The molecule has 6 heteroatoms. The zero-order valence-electron chi connectivity index (χ0n) is 9.28. The standard InChI is InChI=1S/C12H9N3O3/c16-12(17)9-3-1-2-8-4-5-15(11(8)9)6-10-13-7-18-14-10/h1-5,7H,6H2,(H,16,17). The average molecular weight is 243 g/mol. The topological polar surface area (TPSA) is 81.1 Å². The highest BCUT2D eigenvalue weighted by Crippen LogP contribution is 2.21. The van der Waals surface area contributed by atoms with Crippen LogP contribution in [0.4, 0.5) is 0 Å². The van der Waals surface area contributed by atoms with E-state index in [0.717, 1.165) is 5.39 Å². The molecule has 0 fully saturated rings. The minimum Gasteiger partial charge on any atom is -0.478 e. The Balaban J connectivity index is 2.15. The summed E-state index contributed by atoms with van der Waals surface area (Å²) in [6, 6.07) is 7.04. The first-order chi connectivity index (χ1) is 8.75. The molecule has 0 bridgehead atoms. The number of hydrogen-bond donors (Lipinski definition) is 1. The summed E-state index contributed by atoms with van der Waals surface area (Å²) in [6.07, 6.45) is 3.06. The number of benzene rings is 1. The fourth-order valence-electron chi connectivity index (χ4n) is 1.98. The van der Waals surface area contributed by atoms with E-state index >= 15 is 0 Å². The van der Waals surface area contributed by atoms with E-state index in [9.17, 15) is 9.90 Å². The van der Waals surface area contributed by atoms with Gasteiger partial charge in [0.2, 0.25) is 6.39 Å². The number of aromatic carboxylic acids is 1. The molecule has 0 spiro atoms. The lowest BCUT2D eigenvalue weighted by Crippen LogP contribution is -2.05. The number of rotatable bonds is 3. The van der Waals surface area contributed by atoms with E-state index in [2.05, 4.69) is 14.7 Å². The van der Waals surface area contributed by atoms with Gasteiger partial charge in [-0.05, 0) is 12.1 Å². The van der Waals surface area contributed by atoms with Crippen molar-refractivity contribution < 1.29 is 14.4 Å². The van der Waals surface area contributed by atoms with Crippen LogP contribution in [0.3, 0.4) is 0 Å². The molecule has 0 radical (unpaired) electrons. The van der Waals surface area contributed by atoms with Crippen molar-refractivity contribution in [2.75, 3.05) is 0 Å². The van der Waals surface area contributed by atoms with E-state index < -0.39 is 5.97 Å².